The van der Waals surface area contributed by atoms with Crippen molar-refractivity contribution in [1.29, 1.82) is 0 Å². The first-order valence-corrected chi connectivity index (χ1v) is 10.3. The maximum Gasteiger partial charge on any atom is 0.277 e. The van der Waals surface area contributed by atoms with Gasteiger partial charge in [-0.25, -0.2) is 4.98 Å². The number of halogens is 1. The maximum atomic E-state index is 13.1. The highest BCUT2D eigenvalue weighted by atomic mass is 35.5. The van der Waals surface area contributed by atoms with Crippen LogP contribution in [0.5, 0.6) is 0 Å². The van der Waals surface area contributed by atoms with Crippen molar-refractivity contribution in [3.8, 4) is 0 Å². The van der Waals surface area contributed by atoms with E-state index in [1.807, 2.05) is 18.5 Å². The third-order valence-corrected chi connectivity index (χ3v) is 6.03. The van der Waals surface area contributed by atoms with E-state index >= 15 is 0 Å². The summed E-state index contributed by atoms with van der Waals surface area (Å²) < 4.78 is 3.61. The number of nitrogens with two attached hydrogens (primary N) is 1. The number of likely N-dealkylation sites (N-methyl/N-ethyl adjacent to an activating group) is 1. The molecule has 0 fully saturated rings. The van der Waals surface area contributed by atoms with E-state index in [-0.39, 0.29) is 11.9 Å². The molecule has 3 aromatic rings. The SMILES string of the molecule is CC[C@H]1CN(C)c2cc(C(N)=O)cc3nc(NC(=O)c4c(Cl)c(C)nn4CC)n1c23. The third kappa shape index (κ3) is 3.00. The summed E-state index contributed by atoms with van der Waals surface area (Å²) in [5.41, 5.74) is 9.11. The van der Waals surface area contributed by atoms with Crippen molar-refractivity contribution < 1.29 is 9.59 Å². The molecule has 0 spiro atoms. The van der Waals surface area contributed by atoms with E-state index in [0.29, 0.717) is 46.5 Å². The van der Waals surface area contributed by atoms with Gasteiger partial charge in [-0.2, -0.15) is 5.10 Å². The molecule has 3 heterocycles. The molecule has 0 saturated heterocycles. The Balaban J connectivity index is 1.86. The van der Waals surface area contributed by atoms with E-state index in [9.17, 15) is 9.59 Å². The predicted molar refractivity (Wildman–Crippen MR) is 116 cm³/mol. The van der Waals surface area contributed by atoms with Crippen molar-refractivity contribution in [3.63, 3.8) is 0 Å². The smallest absolute Gasteiger partial charge is 0.277 e. The molecule has 2 amide bonds. The van der Waals surface area contributed by atoms with Crippen LogP contribution in [0.4, 0.5) is 11.6 Å². The predicted octanol–water partition coefficient (Wildman–Crippen LogP) is 2.97. The number of nitrogens with one attached hydrogen (secondary N) is 1. The fraction of sp³-hybridized carbons (Fsp3) is 0.400. The second kappa shape index (κ2) is 7.32. The average molecular weight is 430 g/mol. The highest BCUT2D eigenvalue weighted by molar-refractivity contribution is 6.34. The highest BCUT2D eigenvalue weighted by Crippen LogP contribution is 2.39. The normalized spacial score (nSPS) is 15.6. The topological polar surface area (TPSA) is 111 Å². The molecule has 1 aromatic carbocycles. The molecule has 3 N–H and O–H groups in total. The quantitative estimate of drug-likeness (QED) is 0.647. The van der Waals surface area contributed by atoms with Crippen LogP contribution in [0.2, 0.25) is 5.02 Å². The zero-order valence-electron chi connectivity index (χ0n) is 17.4. The van der Waals surface area contributed by atoms with Crippen molar-refractivity contribution >= 4 is 46.1 Å². The molecular formula is C20H24ClN7O2. The molecule has 158 valence electrons. The molecule has 30 heavy (non-hydrogen) atoms. The van der Waals surface area contributed by atoms with Crippen LogP contribution >= 0.6 is 11.6 Å². The average Bonchev–Trinajstić information content (AvgIpc) is 3.21. The summed E-state index contributed by atoms with van der Waals surface area (Å²) in [6.07, 6.45) is 0.850. The van der Waals surface area contributed by atoms with Crippen LogP contribution in [0.1, 0.15) is 52.9 Å². The van der Waals surface area contributed by atoms with Crippen LogP contribution in [0.3, 0.4) is 0 Å². The van der Waals surface area contributed by atoms with Gasteiger partial charge in [-0.3, -0.25) is 19.6 Å². The molecule has 9 nitrogen and oxygen atoms in total. The van der Waals surface area contributed by atoms with Gasteiger partial charge in [0.1, 0.15) is 5.69 Å². The second-order valence-corrected chi connectivity index (χ2v) is 7.87. The minimum atomic E-state index is -0.520. The van der Waals surface area contributed by atoms with Gasteiger partial charge in [0.25, 0.3) is 5.91 Å². The monoisotopic (exact) mass is 429 g/mol. The number of imidazole rings is 1. The number of nitrogens with zero attached hydrogens (tertiary/aromatic N) is 5. The Hall–Kier alpha value is -3.07. The lowest BCUT2D eigenvalue weighted by atomic mass is 10.1. The maximum absolute atomic E-state index is 13.1. The van der Waals surface area contributed by atoms with Gasteiger partial charge in [0.15, 0.2) is 0 Å². The molecule has 0 bridgehead atoms. The Morgan fingerprint density at radius 1 is 1.33 bits per heavy atom. The molecule has 0 saturated carbocycles. The number of benzene rings is 1. The number of amides is 2. The van der Waals surface area contributed by atoms with Gasteiger partial charge in [0, 0.05) is 25.7 Å². The summed E-state index contributed by atoms with van der Waals surface area (Å²) in [7, 11) is 1.97. The lowest BCUT2D eigenvalue weighted by Crippen LogP contribution is -2.33. The molecule has 10 heteroatoms. The zero-order chi connectivity index (χ0) is 21.7. The Morgan fingerprint density at radius 3 is 2.70 bits per heavy atom. The van der Waals surface area contributed by atoms with Crippen molar-refractivity contribution in [2.45, 2.75) is 39.8 Å². The van der Waals surface area contributed by atoms with Crippen molar-refractivity contribution in [2.75, 3.05) is 23.8 Å². The van der Waals surface area contributed by atoms with E-state index in [4.69, 9.17) is 17.3 Å². The van der Waals surface area contributed by atoms with E-state index in [2.05, 4.69) is 27.2 Å². The fourth-order valence-electron chi connectivity index (χ4n) is 4.06. The standard InChI is InChI=1S/C20H24ClN7O2/c1-5-12-9-26(4)14-8-11(18(22)29)7-13-16(14)28(12)20(23-13)24-19(30)17-15(21)10(3)25-27(17)6-2/h7-8,12H,5-6,9H2,1-4H3,(H2,22,29)(H,23,24,30)/t12-/m0/s1. The molecule has 0 unspecified atom stereocenters. The Morgan fingerprint density at radius 2 is 2.07 bits per heavy atom. The van der Waals surface area contributed by atoms with E-state index in [0.717, 1.165) is 17.6 Å². The summed E-state index contributed by atoms with van der Waals surface area (Å²) in [6, 6.07) is 3.54. The summed E-state index contributed by atoms with van der Waals surface area (Å²) in [5, 5.41) is 7.56. The van der Waals surface area contributed by atoms with E-state index < -0.39 is 5.91 Å². The lowest BCUT2D eigenvalue weighted by Gasteiger charge is -2.33. The van der Waals surface area contributed by atoms with Gasteiger partial charge >= 0.3 is 0 Å². The van der Waals surface area contributed by atoms with Gasteiger partial charge in [-0.1, -0.05) is 18.5 Å². The second-order valence-electron chi connectivity index (χ2n) is 7.49. The van der Waals surface area contributed by atoms with Gasteiger partial charge in [-0.05, 0) is 32.4 Å². The lowest BCUT2D eigenvalue weighted by molar-refractivity contribution is 0.0996. The van der Waals surface area contributed by atoms with Crippen molar-refractivity contribution in [2.24, 2.45) is 5.73 Å². The van der Waals surface area contributed by atoms with Crippen LogP contribution in [-0.2, 0) is 6.54 Å². The Kier molecular flexibility index (Phi) is 4.93. The van der Waals surface area contributed by atoms with Crippen molar-refractivity contribution in [1.82, 2.24) is 19.3 Å². The zero-order valence-corrected chi connectivity index (χ0v) is 18.1. The first-order chi connectivity index (χ1) is 14.3. The number of rotatable bonds is 5. The molecule has 1 aliphatic rings. The highest BCUT2D eigenvalue weighted by Gasteiger charge is 2.30. The minimum Gasteiger partial charge on any atom is -0.371 e. The first kappa shape index (κ1) is 20.2. The molecule has 1 aliphatic heterocycles. The Bertz CT molecular complexity index is 1180. The van der Waals surface area contributed by atoms with Gasteiger partial charge < -0.3 is 15.2 Å². The van der Waals surface area contributed by atoms with Crippen LogP contribution in [-0.4, -0.2) is 44.7 Å². The van der Waals surface area contributed by atoms with E-state index in [1.54, 1.807) is 23.7 Å². The van der Waals surface area contributed by atoms with Gasteiger partial charge in [-0.15, -0.1) is 0 Å². The van der Waals surface area contributed by atoms with Crippen LogP contribution in [0, 0.1) is 6.92 Å². The summed E-state index contributed by atoms with van der Waals surface area (Å²) in [6.45, 7) is 6.98. The van der Waals surface area contributed by atoms with Gasteiger partial charge in [0.05, 0.1) is 33.5 Å². The number of hydrogen-bond acceptors (Lipinski definition) is 5. The molecule has 1 atom stereocenters. The van der Waals surface area contributed by atoms with Crippen LogP contribution < -0.4 is 16.0 Å². The molecule has 0 aliphatic carbocycles. The third-order valence-electron chi connectivity index (χ3n) is 5.58. The number of anilines is 2. The summed E-state index contributed by atoms with van der Waals surface area (Å²) in [4.78, 5) is 31.6. The first-order valence-electron chi connectivity index (χ1n) is 9.87. The van der Waals surface area contributed by atoms with Crippen LogP contribution in [0.15, 0.2) is 12.1 Å². The van der Waals surface area contributed by atoms with E-state index in [1.165, 1.54) is 0 Å². The number of carbonyl (C=O) groups is 2. The number of aromatic nitrogens is 4. The molecular weight excluding hydrogens is 406 g/mol. The van der Waals surface area contributed by atoms with Crippen molar-refractivity contribution in [3.05, 3.63) is 34.1 Å². The van der Waals surface area contributed by atoms with Gasteiger partial charge in [0.2, 0.25) is 11.9 Å². The molecule has 4 rings (SSSR count). The molecule has 0 radical (unpaired) electrons. The summed E-state index contributed by atoms with van der Waals surface area (Å²) >= 11 is 6.34. The number of carbonyl (C=O) groups excluding carboxylic acids is 2. The minimum absolute atomic E-state index is 0.107. The largest absolute Gasteiger partial charge is 0.371 e. The number of primary amides is 1. The number of aryl methyl sites for hydroxylation is 2. The fourth-order valence-corrected chi connectivity index (χ4v) is 4.28. The number of hydrogen-bond donors (Lipinski definition) is 2. The summed E-state index contributed by atoms with van der Waals surface area (Å²) in [5.74, 6) is -0.483. The Labute approximate surface area is 178 Å². The van der Waals surface area contributed by atoms with Crippen LogP contribution in [0.25, 0.3) is 11.0 Å². The molecule has 2 aromatic heterocycles.